The number of rotatable bonds is 3. The van der Waals surface area contributed by atoms with E-state index in [-0.39, 0.29) is 12.1 Å². The Balaban J connectivity index is 2.55. The molecule has 13 heavy (non-hydrogen) atoms. The summed E-state index contributed by atoms with van der Waals surface area (Å²) in [4.78, 5) is 0. The molecule has 2 atom stereocenters. The summed E-state index contributed by atoms with van der Waals surface area (Å²) in [6, 6.07) is 0.0252. The molecule has 1 aliphatic rings. The van der Waals surface area contributed by atoms with Gasteiger partial charge in [0.25, 0.3) is 0 Å². The van der Waals surface area contributed by atoms with Crippen molar-refractivity contribution in [3.8, 4) is 0 Å². The summed E-state index contributed by atoms with van der Waals surface area (Å²) in [6.07, 6.45) is 2.00. The Hall–Kier alpha value is -0.170. The monoisotopic (exact) mass is 208 g/mol. The van der Waals surface area contributed by atoms with Crippen LogP contribution in [-0.2, 0) is 14.8 Å². The third-order valence-electron chi connectivity index (χ3n) is 2.09. The van der Waals surface area contributed by atoms with Crippen LogP contribution in [0.25, 0.3) is 0 Å². The first-order valence-electron chi connectivity index (χ1n) is 4.25. The van der Waals surface area contributed by atoms with Crippen LogP contribution in [0.5, 0.6) is 0 Å². The maximum atomic E-state index is 11.0. The normalized spacial score (nSPS) is 30.3. The van der Waals surface area contributed by atoms with Crippen molar-refractivity contribution < 1.29 is 13.2 Å². The molecule has 78 valence electrons. The van der Waals surface area contributed by atoms with E-state index in [1.54, 1.807) is 0 Å². The van der Waals surface area contributed by atoms with Gasteiger partial charge in [0.15, 0.2) is 0 Å². The molecule has 2 unspecified atom stereocenters. The Morgan fingerprint density at radius 2 is 2.08 bits per heavy atom. The highest BCUT2D eigenvalue weighted by Gasteiger charge is 2.26. The summed E-state index contributed by atoms with van der Waals surface area (Å²) in [5.74, 6) is 0. The molecule has 2 N–H and O–H groups in total. The van der Waals surface area contributed by atoms with Gasteiger partial charge in [0.05, 0.1) is 18.9 Å². The van der Waals surface area contributed by atoms with Crippen molar-refractivity contribution in [1.29, 1.82) is 0 Å². The highest BCUT2D eigenvalue weighted by Crippen LogP contribution is 2.07. The number of ether oxygens (including phenoxy) is 1. The van der Waals surface area contributed by atoms with Gasteiger partial charge in [0.1, 0.15) is 0 Å². The van der Waals surface area contributed by atoms with Crippen LogP contribution in [0.3, 0.4) is 0 Å². The van der Waals surface area contributed by atoms with Crippen molar-refractivity contribution in [1.82, 2.24) is 10.0 Å². The van der Waals surface area contributed by atoms with Gasteiger partial charge in [-0.25, -0.2) is 13.1 Å². The van der Waals surface area contributed by atoms with Gasteiger partial charge < -0.3 is 10.1 Å². The van der Waals surface area contributed by atoms with Gasteiger partial charge in [0.2, 0.25) is 10.0 Å². The molecule has 0 aromatic carbocycles. The molecular formula is C7H16N2O3S. The first kappa shape index (κ1) is 10.9. The van der Waals surface area contributed by atoms with Gasteiger partial charge in [-0.15, -0.1) is 0 Å². The van der Waals surface area contributed by atoms with E-state index < -0.39 is 10.0 Å². The van der Waals surface area contributed by atoms with Crippen LogP contribution in [0.1, 0.15) is 6.42 Å². The molecule has 0 bridgehead atoms. The van der Waals surface area contributed by atoms with Crippen LogP contribution in [0.2, 0.25) is 0 Å². The van der Waals surface area contributed by atoms with E-state index in [2.05, 4.69) is 10.0 Å². The molecule has 1 fully saturated rings. The minimum Gasteiger partial charge on any atom is -0.380 e. The highest BCUT2D eigenvalue weighted by molar-refractivity contribution is 7.88. The molecule has 0 aliphatic carbocycles. The van der Waals surface area contributed by atoms with Crippen molar-refractivity contribution in [2.45, 2.75) is 18.5 Å². The minimum atomic E-state index is -3.14. The fourth-order valence-electron chi connectivity index (χ4n) is 1.47. The molecule has 0 radical (unpaired) electrons. The van der Waals surface area contributed by atoms with Crippen molar-refractivity contribution >= 4 is 10.0 Å². The maximum absolute atomic E-state index is 11.0. The first-order chi connectivity index (χ1) is 6.03. The minimum absolute atomic E-state index is 0.145. The summed E-state index contributed by atoms with van der Waals surface area (Å²) in [5, 5.41) is 3.07. The average Bonchev–Trinajstić information content (AvgIpc) is 2.02. The summed E-state index contributed by atoms with van der Waals surface area (Å²) in [7, 11) is -1.31. The largest absolute Gasteiger partial charge is 0.380 e. The quantitative estimate of drug-likeness (QED) is 0.618. The van der Waals surface area contributed by atoms with Crippen molar-refractivity contribution in [3.05, 3.63) is 0 Å². The average molecular weight is 208 g/mol. The van der Waals surface area contributed by atoms with Gasteiger partial charge in [-0.05, 0) is 13.5 Å². The van der Waals surface area contributed by atoms with Gasteiger partial charge in [0, 0.05) is 12.6 Å². The molecule has 5 nitrogen and oxygen atoms in total. The maximum Gasteiger partial charge on any atom is 0.209 e. The third kappa shape index (κ3) is 3.60. The van der Waals surface area contributed by atoms with Crippen molar-refractivity contribution in [2.24, 2.45) is 0 Å². The second-order valence-corrected chi connectivity index (χ2v) is 5.04. The number of sulfonamides is 1. The Morgan fingerprint density at radius 3 is 2.62 bits per heavy atom. The summed E-state index contributed by atoms with van der Waals surface area (Å²) >= 11 is 0. The summed E-state index contributed by atoms with van der Waals surface area (Å²) in [5.41, 5.74) is 0. The van der Waals surface area contributed by atoms with Crippen LogP contribution in [-0.4, -0.2) is 47.0 Å². The number of likely N-dealkylation sites (N-methyl/N-ethyl adjacent to an activating group) is 1. The molecule has 1 rings (SSSR count). The molecule has 1 aliphatic heterocycles. The zero-order valence-electron chi connectivity index (χ0n) is 7.91. The Labute approximate surface area is 78.9 Å². The van der Waals surface area contributed by atoms with Crippen molar-refractivity contribution in [3.63, 3.8) is 0 Å². The number of hydrogen-bond acceptors (Lipinski definition) is 4. The molecule has 0 saturated carbocycles. The summed E-state index contributed by atoms with van der Waals surface area (Å²) in [6.45, 7) is 1.13. The molecule has 1 heterocycles. The Morgan fingerprint density at radius 1 is 1.38 bits per heavy atom. The van der Waals surface area contributed by atoms with Crippen LogP contribution >= 0.6 is 0 Å². The lowest BCUT2D eigenvalue weighted by molar-refractivity contribution is 0.0588. The highest BCUT2D eigenvalue weighted by atomic mass is 32.2. The number of hydrogen-bond donors (Lipinski definition) is 2. The second kappa shape index (κ2) is 4.36. The van der Waals surface area contributed by atoms with Gasteiger partial charge in [-0.2, -0.15) is 0 Å². The fourth-order valence-corrected chi connectivity index (χ4v) is 2.26. The van der Waals surface area contributed by atoms with Crippen LogP contribution in [0.4, 0.5) is 0 Å². The van der Waals surface area contributed by atoms with Crippen LogP contribution in [0.15, 0.2) is 0 Å². The standard InChI is InChI=1S/C7H16N2O3S/c1-8-6-3-4-12-5-7(6)9-13(2,10)11/h6-9H,3-5H2,1-2H3. The zero-order chi connectivity index (χ0) is 9.90. The Bertz CT molecular complexity index is 252. The van der Waals surface area contributed by atoms with E-state index in [0.29, 0.717) is 13.2 Å². The van der Waals surface area contributed by atoms with Gasteiger partial charge in [-0.3, -0.25) is 0 Å². The molecule has 1 saturated heterocycles. The lowest BCUT2D eigenvalue weighted by Crippen LogP contribution is -2.54. The smallest absolute Gasteiger partial charge is 0.209 e. The van der Waals surface area contributed by atoms with Gasteiger partial charge in [-0.1, -0.05) is 0 Å². The van der Waals surface area contributed by atoms with E-state index in [1.165, 1.54) is 0 Å². The van der Waals surface area contributed by atoms with Crippen molar-refractivity contribution in [2.75, 3.05) is 26.5 Å². The molecule has 0 aromatic heterocycles. The predicted molar refractivity (Wildman–Crippen MR) is 50.1 cm³/mol. The zero-order valence-corrected chi connectivity index (χ0v) is 8.73. The SMILES string of the molecule is CNC1CCOCC1NS(C)(=O)=O. The molecule has 0 spiro atoms. The third-order valence-corrected chi connectivity index (χ3v) is 2.82. The van der Waals surface area contributed by atoms with Gasteiger partial charge >= 0.3 is 0 Å². The Kier molecular flexibility index (Phi) is 3.66. The van der Waals surface area contributed by atoms with Crippen LogP contribution < -0.4 is 10.0 Å². The lowest BCUT2D eigenvalue weighted by atomic mass is 10.1. The molecule has 0 amide bonds. The molecule has 6 heteroatoms. The molecule has 0 aromatic rings. The van der Waals surface area contributed by atoms with E-state index >= 15 is 0 Å². The van der Waals surface area contributed by atoms with Crippen LogP contribution in [0, 0.1) is 0 Å². The van der Waals surface area contributed by atoms with E-state index in [4.69, 9.17) is 4.74 Å². The van der Waals surface area contributed by atoms with E-state index in [9.17, 15) is 8.42 Å². The molecular weight excluding hydrogens is 192 g/mol. The van der Waals surface area contributed by atoms with E-state index in [0.717, 1.165) is 12.7 Å². The first-order valence-corrected chi connectivity index (χ1v) is 6.14. The summed E-state index contributed by atoms with van der Waals surface area (Å²) < 4.78 is 29.7. The number of nitrogens with one attached hydrogen (secondary N) is 2. The fraction of sp³-hybridized carbons (Fsp3) is 1.00. The predicted octanol–water partition coefficient (Wildman–Crippen LogP) is -1.09. The lowest BCUT2D eigenvalue weighted by Gasteiger charge is -2.31. The van der Waals surface area contributed by atoms with E-state index in [1.807, 2.05) is 7.05 Å². The second-order valence-electron chi connectivity index (χ2n) is 3.26. The topological polar surface area (TPSA) is 67.4 Å².